The van der Waals surface area contributed by atoms with E-state index in [0.717, 1.165) is 23.8 Å². The van der Waals surface area contributed by atoms with Crippen molar-refractivity contribution in [2.45, 2.75) is 19.1 Å². The van der Waals surface area contributed by atoms with Crippen molar-refractivity contribution in [3.05, 3.63) is 113 Å². The third-order valence-electron chi connectivity index (χ3n) is 6.08. The van der Waals surface area contributed by atoms with Crippen LogP contribution in [0, 0.1) is 5.82 Å². The zero-order valence-electron chi connectivity index (χ0n) is 19.3. The number of benzene rings is 3. The SMILES string of the molecule is O=C(Nc1cccc(-c2cc3c(o2)CCN(C(=O)c2cccc(C(F)(F)F)c2)C3)c1)c1cccc(F)c1. The molecule has 2 heterocycles. The number of hydrogen-bond acceptors (Lipinski definition) is 3. The smallest absolute Gasteiger partial charge is 0.416 e. The summed E-state index contributed by atoms with van der Waals surface area (Å²) < 4.78 is 58.6. The lowest BCUT2D eigenvalue weighted by atomic mass is 10.0. The molecular weight excluding hydrogens is 488 g/mol. The molecule has 9 heteroatoms. The molecule has 0 bridgehead atoms. The highest BCUT2D eigenvalue weighted by atomic mass is 19.4. The van der Waals surface area contributed by atoms with Crippen molar-refractivity contribution >= 4 is 17.5 Å². The molecule has 5 nitrogen and oxygen atoms in total. The Morgan fingerprint density at radius 1 is 0.892 bits per heavy atom. The minimum atomic E-state index is -4.53. The zero-order valence-corrected chi connectivity index (χ0v) is 19.3. The summed E-state index contributed by atoms with van der Waals surface area (Å²) in [5.74, 6) is -0.235. The monoisotopic (exact) mass is 508 g/mol. The standard InChI is InChI=1S/C28H20F4N2O3/c29-22-8-2-5-18(13-22)26(35)33-23-9-3-4-17(14-23)25-15-20-16-34(11-10-24(20)37-25)27(36)19-6-1-7-21(12-19)28(30,31)32/h1-9,12-15H,10-11,16H2,(H,33,35). The van der Waals surface area contributed by atoms with Crippen LogP contribution in [-0.2, 0) is 19.1 Å². The Hall–Kier alpha value is -4.40. The normalized spacial score (nSPS) is 13.2. The van der Waals surface area contributed by atoms with Crippen LogP contribution in [0.2, 0.25) is 0 Å². The molecule has 1 N–H and O–H groups in total. The first-order valence-corrected chi connectivity index (χ1v) is 11.4. The molecule has 0 atom stereocenters. The van der Waals surface area contributed by atoms with E-state index >= 15 is 0 Å². The largest absolute Gasteiger partial charge is 0.461 e. The summed E-state index contributed by atoms with van der Waals surface area (Å²) in [6.07, 6.45) is -4.12. The fourth-order valence-corrected chi connectivity index (χ4v) is 4.24. The summed E-state index contributed by atoms with van der Waals surface area (Å²) in [6, 6.07) is 18.5. The summed E-state index contributed by atoms with van der Waals surface area (Å²) in [7, 11) is 0. The van der Waals surface area contributed by atoms with Crippen LogP contribution in [0.1, 0.15) is 37.6 Å². The molecule has 3 aromatic carbocycles. The van der Waals surface area contributed by atoms with Crippen LogP contribution in [0.3, 0.4) is 0 Å². The van der Waals surface area contributed by atoms with Gasteiger partial charge in [-0.15, -0.1) is 0 Å². The van der Waals surface area contributed by atoms with Crippen LogP contribution in [-0.4, -0.2) is 23.3 Å². The first-order valence-electron chi connectivity index (χ1n) is 11.4. The van der Waals surface area contributed by atoms with Crippen molar-refractivity contribution in [1.29, 1.82) is 0 Å². The Labute approximate surface area is 209 Å². The molecule has 2 amide bonds. The quantitative estimate of drug-likeness (QED) is 0.318. The van der Waals surface area contributed by atoms with E-state index in [4.69, 9.17) is 4.42 Å². The van der Waals surface area contributed by atoms with Crippen LogP contribution < -0.4 is 5.32 Å². The lowest BCUT2D eigenvalue weighted by Gasteiger charge is -2.26. The molecule has 0 saturated heterocycles. The summed E-state index contributed by atoms with van der Waals surface area (Å²) in [5.41, 5.74) is 1.22. The van der Waals surface area contributed by atoms with Crippen LogP contribution >= 0.6 is 0 Å². The molecule has 1 aromatic heterocycles. The summed E-state index contributed by atoms with van der Waals surface area (Å²) in [4.78, 5) is 26.9. The van der Waals surface area contributed by atoms with E-state index in [-0.39, 0.29) is 17.7 Å². The predicted molar refractivity (Wildman–Crippen MR) is 128 cm³/mol. The van der Waals surface area contributed by atoms with Crippen LogP contribution in [0.5, 0.6) is 0 Å². The van der Waals surface area contributed by atoms with Crippen molar-refractivity contribution in [1.82, 2.24) is 4.90 Å². The highest BCUT2D eigenvalue weighted by Crippen LogP contribution is 2.33. The second-order valence-corrected chi connectivity index (χ2v) is 8.66. The minimum Gasteiger partial charge on any atom is -0.461 e. The molecule has 0 aliphatic carbocycles. The third kappa shape index (κ3) is 5.25. The maximum Gasteiger partial charge on any atom is 0.416 e. The minimum absolute atomic E-state index is 0.0243. The van der Waals surface area contributed by atoms with Crippen LogP contribution in [0.15, 0.2) is 83.3 Å². The van der Waals surface area contributed by atoms with Gasteiger partial charge in [0.1, 0.15) is 17.3 Å². The summed E-state index contributed by atoms with van der Waals surface area (Å²) in [5, 5.41) is 2.73. The fourth-order valence-electron chi connectivity index (χ4n) is 4.24. The van der Waals surface area contributed by atoms with Crippen molar-refractivity contribution in [3.63, 3.8) is 0 Å². The first kappa shape index (κ1) is 24.3. The van der Waals surface area contributed by atoms with Gasteiger partial charge < -0.3 is 14.6 Å². The number of rotatable bonds is 4. The number of anilines is 1. The molecule has 4 aromatic rings. The van der Waals surface area contributed by atoms with E-state index < -0.39 is 29.4 Å². The van der Waals surface area contributed by atoms with Gasteiger partial charge in [0, 0.05) is 47.5 Å². The van der Waals surface area contributed by atoms with Crippen molar-refractivity contribution < 1.29 is 31.6 Å². The zero-order chi connectivity index (χ0) is 26.2. The molecular formula is C28H20F4N2O3. The van der Waals surface area contributed by atoms with E-state index in [1.54, 1.807) is 30.3 Å². The van der Waals surface area contributed by atoms with Crippen LogP contribution in [0.25, 0.3) is 11.3 Å². The predicted octanol–water partition coefficient (Wildman–Crippen LogP) is 6.56. The average molecular weight is 508 g/mol. The molecule has 1 aliphatic heterocycles. The Kier molecular flexibility index (Phi) is 6.29. The van der Waals surface area contributed by atoms with Crippen LogP contribution in [0.4, 0.5) is 23.2 Å². The number of carbonyl (C=O) groups is 2. The van der Waals surface area contributed by atoms with Crippen molar-refractivity contribution in [3.8, 4) is 11.3 Å². The van der Waals surface area contributed by atoms with Gasteiger partial charge in [-0.3, -0.25) is 9.59 Å². The van der Waals surface area contributed by atoms with Gasteiger partial charge in [0.25, 0.3) is 11.8 Å². The van der Waals surface area contributed by atoms with Gasteiger partial charge in [0.05, 0.1) is 5.56 Å². The maximum absolute atomic E-state index is 13.4. The second kappa shape index (κ2) is 9.57. The number of furan rings is 1. The van der Waals surface area contributed by atoms with Gasteiger partial charge in [-0.25, -0.2) is 4.39 Å². The Bertz CT molecular complexity index is 1490. The lowest BCUT2D eigenvalue weighted by Crippen LogP contribution is -2.35. The molecule has 0 fully saturated rings. The van der Waals surface area contributed by atoms with Crippen molar-refractivity contribution in [2.75, 3.05) is 11.9 Å². The van der Waals surface area contributed by atoms with Gasteiger partial charge in [0.2, 0.25) is 0 Å². The Morgan fingerprint density at radius 3 is 2.43 bits per heavy atom. The maximum atomic E-state index is 13.4. The number of hydrogen-bond donors (Lipinski definition) is 1. The summed E-state index contributed by atoms with van der Waals surface area (Å²) in [6.45, 7) is 0.503. The number of nitrogens with zero attached hydrogens (tertiary/aromatic N) is 1. The van der Waals surface area contributed by atoms with Gasteiger partial charge in [-0.1, -0.05) is 24.3 Å². The van der Waals surface area contributed by atoms with Gasteiger partial charge >= 0.3 is 6.18 Å². The second-order valence-electron chi connectivity index (χ2n) is 8.66. The topological polar surface area (TPSA) is 62.6 Å². The Balaban J connectivity index is 1.32. The van der Waals surface area contributed by atoms with Gasteiger partial charge in [-0.2, -0.15) is 13.2 Å². The van der Waals surface area contributed by atoms with E-state index in [9.17, 15) is 27.2 Å². The van der Waals surface area contributed by atoms with Gasteiger partial charge in [0.15, 0.2) is 0 Å². The number of nitrogens with one attached hydrogen (secondary N) is 1. The number of alkyl halides is 3. The molecule has 5 rings (SSSR count). The molecule has 0 spiro atoms. The highest BCUT2D eigenvalue weighted by molar-refractivity contribution is 6.04. The molecule has 1 aliphatic rings. The number of carbonyl (C=O) groups excluding carboxylic acids is 2. The first-order chi connectivity index (χ1) is 17.7. The average Bonchev–Trinajstić information content (AvgIpc) is 3.32. The molecule has 0 radical (unpaired) electrons. The number of amides is 2. The van der Waals surface area contributed by atoms with E-state index in [1.807, 2.05) is 0 Å². The number of halogens is 4. The molecule has 37 heavy (non-hydrogen) atoms. The van der Waals surface area contributed by atoms with Gasteiger partial charge in [-0.05, 0) is 54.6 Å². The molecule has 0 saturated carbocycles. The fraction of sp³-hybridized carbons (Fsp3) is 0.143. The molecule has 0 unspecified atom stereocenters. The van der Waals surface area contributed by atoms with E-state index in [0.29, 0.717) is 35.7 Å². The summed E-state index contributed by atoms with van der Waals surface area (Å²) >= 11 is 0. The highest BCUT2D eigenvalue weighted by Gasteiger charge is 2.32. The third-order valence-corrected chi connectivity index (χ3v) is 6.08. The number of fused-ring (bicyclic) bond motifs is 1. The van der Waals surface area contributed by atoms with E-state index in [2.05, 4.69) is 5.32 Å². The van der Waals surface area contributed by atoms with E-state index in [1.165, 1.54) is 35.2 Å². The lowest BCUT2D eigenvalue weighted by molar-refractivity contribution is -0.137. The molecule has 188 valence electrons. The van der Waals surface area contributed by atoms with Crippen molar-refractivity contribution in [2.24, 2.45) is 0 Å². The Morgan fingerprint density at radius 2 is 1.65 bits per heavy atom.